The Labute approximate surface area is 125 Å². The van der Waals surface area contributed by atoms with Crippen molar-refractivity contribution in [2.24, 2.45) is 5.92 Å². The van der Waals surface area contributed by atoms with Crippen molar-refractivity contribution in [2.75, 3.05) is 33.2 Å². The molecule has 0 spiro atoms. The Kier molecular flexibility index (Phi) is 5.90. The van der Waals surface area contributed by atoms with Crippen molar-refractivity contribution in [1.82, 2.24) is 15.5 Å². The molecule has 0 unspecified atom stereocenters. The van der Waals surface area contributed by atoms with Crippen LogP contribution in [-0.4, -0.2) is 49.9 Å². The van der Waals surface area contributed by atoms with E-state index in [2.05, 4.69) is 10.6 Å². The van der Waals surface area contributed by atoms with Gasteiger partial charge in [-0.05, 0) is 51.0 Å². The first-order valence-corrected chi connectivity index (χ1v) is 7.43. The average molecular weight is 289 g/mol. The first-order chi connectivity index (χ1) is 10.1. The number of rotatable bonds is 5. The molecule has 1 aromatic carbocycles. The highest BCUT2D eigenvalue weighted by atomic mass is 16.2. The van der Waals surface area contributed by atoms with E-state index < -0.39 is 0 Å². The van der Waals surface area contributed by atoms with Gasteiger partial charge in [0, 0.05) is 12.1 Å². The second-order valence-electron chi connectivity index (χ2n) is 5.63. The fraction of sp³-hybridized carbons (Fsp3) is 0.500. The number of amides is 2. The van der Waals surface area contributed by atoms with Gasteiger partial charge in [-0.1, -0.05) is 18.2 Å². The third-order valence-electron chi connectivity index (χ3n) is 3.73. The molecule has 1 heterocycles. The summed E-state index contributed by atoms with van der Waals surface area (Å²) in [4.78, 5) is 25.8. The number of imide groups is 1. The van der Waals surface area contributed by atoms with Crippen LogP contribution in [0.3, 0.4) is 0 Å². The molecule has 1 fully saturated rings. The number of hydrogen-bond donors (Lipinski definition) is 2. The van der Waals surface area contributed by atoms with Gasteiger partial charge in [-0.25, -0.2) is 0 Å². The second-order valence-corrected chi connectivity index (χ2v) is 5.63. The fourth-order valence-corrected chi connectivity index (χ4v) is 2.64. The zero-order valence-corrected chi connectivity index (χ0v) is 12.5. The number of carbonyl (C=O) groups excluding carboxylic acids is 2. The van der Waals surface area contributed by atoms with Gasteiger partial charge in [-0.15, -0.1) is 0 Å². The van der Waals surface area contributed by atoms with E-state index in [-0.39, 0.29) is 18.4 Å². The molecule has 2 amide bonds. The van der Waals surface area contributed by atoms with Crippen LogP contribution in [0.15, 0.2) is 30.3 Å². The van der Waals surface area contributed by atoms with Crippen LogP contribution in [0.4, 0.5) is 0 Å². The lowest BCUT2D eigenvalue weighted by molar-refractivity contribution is -0.121. The Hall–Kier alpha value is -1.72. The molecule has 0 aromatic heterocycles. The number of carbonyl (C=O) groups is 2. The molecule has 0 aliphatic carbocycles. The van der Waals surface area contributed by atoms with Gasteiger partial charge >= 0.3 is 0 Å². The molecular formula is C16H23N3O2. The molecule has 5 nitrogen and oxygen atoms in total. The summed E-state index contributed by atoms with van der Waals surface area (Å²) in [5.41, 5.74) is 0.506. The Morgan fingerprint density at radius 2 is 1.90 bits per heavy atom. The minimum absolute atomic E-state index is 0.250. The van der Waals surface area contributed by atoms with Crippen molar-refractivity contribution in [2.45, 2.75) is 12.8 Å². The molecule has 2 N–H and O–H groups in total. The number of piperidine rings is 1. The summed E-state index contributed by atoms with van der Waals surface area (Å²) in [5, 5.41) is 5.76. The molecule has 114 valence electrons. The highest BCUT2D eigenvalue weighted by Gasteiger charge is 2.17. The van der Waals surface area contributed by atoms with Crippen molar-refractivity contribution in [1.29, 1.82) is 0 Å². The van der Waals surface area contributed by atoms with Crippen LogP contribution >= 0.6 is 0 Å². The van der Waals surface area contributed by atoms with Gasteiger partial charge < -0.3 is 5.32 Å². The summed E-state index contributed by atoms with van der Waals surface area (Å²) in [5.74, 6) is 0.0463. The van der Waals surface area contributed by atoms with Crippen molar-refractivity contribution in [3.8, 4) is 0 Å². The largest absolute Gasteiger partial charge is 0.317 e. The molecule has 1 aliphatic rings. The Balaban J connectivity index is 1.74. The number of benzene rings is 1. The van der Waals surface area contributed by atoms with Crippen molar-refractivity contribution < 1.29 is 9.59 Å². The highest BCUT2D eigenvalue weighted by Crippen LogP contribution is 2.12. The van der Waals surface area contributed by atoms with E-state index >= 15 is 0 Å². The summed E-state index contributed by atoms with van der Waals surface area (Å²) in [6, 6.07) is 8.79. The third kappa shape index (κ3) is 5.28. The van der Waals surface area contributed by atoms with Gasteiger partial charge in [0.05, 0.1) is 6.54 Å². The van der Waals surface area contributed by atoms with E-state index in [1.165, 1.54) is 0 Å². The smallest absolute Gasteiger partial charge is 0.257 e. The minimum atomic E-state index is -0.337. The fourth-order valence-electron chi connectivity index (χ4n) is 2.64. The van der Waals surface area contributed by atoms with Gasteiger partial charge in [0.15, 0.2) is 0 Å². The molecule has 2 rings (SSSR count). The normalized spacial score (nSPS) is 15.9. The quantitative estimate of drug-likeness (QED) is 0.844. The number of nitrogens with zero attached hydrogens (tertiary/aromatic N) is 1. The molecule has 5 heteroatoms. The molecule has 0 radical (unpaired) electrons. The standard InChI is InChI=1S/C16H23N3O2/c1-19(11-13-7-9-17-10-8-13)12-15(20)18-16(21)14-5-3-2-4-6-14/h2-6,13,17H,7-12H2,1H3,(H,18,20,21). The average Bonchev–Trinajstić information content (AvgIpc) is 2.48. The first kappa shape index (κ1) is 15.7. The summed E-state index contributed by atoms with van der Waals surface area (Å²) in [6.45, 7) is 3.26. The molecule has 1 saturated heterocycles. The van der Waals surface area contributed by atoms with Crippen LogP contribution in [0, 0.1) is 5.92 Å². The van der Waals surface area contributed by atoms with Gasteiger partial charge in [0.25, 0.3) is 5.91 Å². The Morgan fingerprint density at radius 1 is 1.24 bits per heavy atom. The Morgan fingerprint density at radius 3 is 2.57 bits per heavy atom. The summed E-state index contributed by atoms with van der Waals surface area (Å²) in [6.07, 6.45) is 2.30. The summed E-state index contributed by atoms with van der Waals surface area (Å²) < 4.78 is 0. The van der Waals surface area contributed by atoms with Gasteiger partial charge in [0.2, 0.25) is 5.91 Å². The molecule has 0 saturated carbocycles. The SMILES string of the molecule is CN(CC(=O)NC(=O)c1ccccc1)CC1CCNCC1. The van der Waals surface area contributed by atoms with Crippen LogP contribution in [0.5, 0.6) is 0 Å². The third-order valence-corrected chi connectivity index (χ3v) is 3.73. The topological polar surface area (TPSA) is 61.4 Å². The zero-order chi connectivity index (χ0) is 15.1. The maximum Gasteiger partial charge on any atom is 0.257 e. The van der Waals surface area contributed by atoms with E-state index in [1.807, 2.05) is 18.0 Å². The molecule has 0 atom stereocenters. The maximum absolute atomic E-state index is 11.9. The van der Waals surface area contributed by atoms with Crippen molar-refractivity contribution in [3.05, 3.63) is 35.9 Å². The highest BCUT2D eigenvalue weighted by molar-refractivity contribution is 6.05. The van der Waals surface area contributed by atoms with E-state index in [4.69, 9.17) is 0 Å². The van der Waals surface area contributed by atoms with Gasteiger partial charge in [-0.3, -0.25) is 19.8 Å². The lowest BCUT2D eigenvalue weighted by atomic mass is 9.98. The summed E-state index contributed by atoms with van der Waals surface area (Å²) >= 11 is 0. The molecule has 1 aliphatic heterocycles. The van der Waals surface area contributed by atoms with E-state index in [0.717, 1.165) is 32.5 Å². The summed E-state index contributed by atoms with van der Waals surface area (Å²) in [7, 11) is 1.93. The minimum Gasteiger partial charge on any atom is -0.317 e. The van der Waals surface area contributed by atoms with Crippen LogP contribution in [0.2, 0.25) is 0 Å². The van der Waals surface area contributed by atoms with Crippen molar-refractivity contribution >= 4 is 11.8 Å². The van der Waals surface area contributed by atoms with Crippen LogP contribution < -0.4 is 10.6 Å². The molecule has 0 bridgehead atoms. The lowest BCUT2D eigenvalue weighted by Gasteiger charge is -2.27. The maximum atomic E-state index is 11.9. The monoisotopic (exact) mass is 289 g/mol. The number of nitrogens with one attached hydrogen (secondary N) is 2. The first-order valence-electron chi connectivity index (χ1n) is 7.43. The van der Waals surface area contributed by atoms with Crippen LogP contribution in [0.1, 0.15) is 23.2 Å². The van der Waals surface area contributed by atoms with Gasteiger partial charge in [-0.2, -0.15) is 0 Å². The predicted octanol–water partition coefficient (Wildman–Crippen LogP) is 0.874. The second kappa shape index (κ2) is 7.90. The van der Waals surface area contributed by atoms with E-state index in [9.17, 15) is 9.59 Å². The molecular weight excluding hydrogens is 266 g/mol. The van der Waals surface area contributed by atoms with Crippen molar-refractivity contribution in [3.63, 3.8) is 0 Å². The molecule has 21 heavy (non-hydrogen) atoms. The zero-order valence-electron chi connectivity index (χ0n) is 12.5. The number of hydrogen-bond acceptors (Lipinski definition) is 4. The predicted molar refractivity (Wildman–Crippen MR) is 82.0 cm³/mol. The van der Waals surface area contributed by atoms with Gasteiger partial charge in [0.1, 0.15) is 0 Å². The molecule has 1 aromatic rings. The lowest BCUT2D eigenvalue weighted by Crippen LogP contribution is -2.41. The Bertz CT molecular complexity index is 470. The van der Waals surface area contributed by atoms with E-state index in [0.29, 0.717) is 11.5 Å². The van der Waals surface area contributed by atoms with Crippen LogP contribution in [0.25, 0.3) is 0 Å². The number of likely N-dealkylation sites (N-methyl/N-ethyl adjacent to an activating group) is 1. The van der Waals surface area contributed by atoms with Crippen LogP contribution in [-0.2, 0) is 4.79 Å². The van der Waals surface area contributed by atoms with E-state index in [1.54, 1.807) is 24.3 Å².